The summed E-state index contributed by atoms with van der Waals surface area (Å²) >= 11 is 0. The summed E-state index contributed by atoms with van der Waals surface area (Å²) < 4.78 is 35.3. The van der Waals surface area contributed by atoms with E-state index in [2.05, 4.69) is 5.32 Å². The van der Waals surface area contributed by atoms with Gasteiger partial charge in [0.1, 0.15) is 11.9 Å². The second kappa shape index (κ2) is 6.56. The van der Waals surface area contributed by atoms with Gasteiger partial charge in [-0.1, -0.05) is 12.1 Å². The molecular formula is C15H14FN3O2S. The van der Waals surface area contributed by atoms with Crippen molar-refractivity contribution in [3.8, 4) is 6.07 Å². The maximum Gasteiger partial charge on any atom is 0.238 e. The molecular weight excluding hydrogens is 305 g/mol. The number of halogens is 1. The minimum atomic E-state index is -3.68. The van der Waals surface area contributed by atoms with Crippen LogP contribution in [0.4, 0.5) is 10.1 Å². The normalized spacial score (nSPS) is 11.0. The smallest absolute Gasteiger partial charge is 0.238 e. The third-order valence-corrected chi connectivity index (χ3v) is 4.01. The average Bonchev–Trinajstić information content (AvgIpc) is 2.48. The van der Waals surface area contributed by atoms with Crippen molar-refractivity contribution < 1.29 is 12.8 Å². The zero-order chi connectivity index (χ0) is 16.2. The summed E-state index contributed by atoms with van der Waals surface area (Å²) in [5, 5.41) is 17.0. The molecule has 0 spiro atoms. The molecule has 0 radical (unpaired) electrons. The molecule has 2 aromatic carbocycles. The molecule has 0 aliphatic carbocycles. The fourth-order valence-electron chi connectivity index (χ4n) is 1.95. The maximum absolute atomic E-state index is 13.0. The summed E-state index contributed by atoms with van der Waals surface area (Å²) in [5.41, 5.74) is 1.72. The number of nitrogens with zero attached hydrogens (tertiary/aromatic N) is 1. The molecule has 22 heavy (non-hydrogen) atoms. The van der Waals surface area contributed by atoms with Crippen LogP contribution in [-0.2, 0) is 16.4 Å². The molecule has 0 amide bonds. The highest BCUT2D eigenvalue weighted by molar-refractivity contribution is 7.89. The predicted octanol–water partition coefficient (Wildman–Crippen LogP) is 2.00. The Balaban J connectivity index is 1.99. The molecule has 7 heteroatoms. The number of benzene rings is 2. The molecule has 0 unspecified atom stereocenters. The van der Waals surface area contributed by atoms with E-state index in [1.165, 1.54) is 30.3 Å². The molecule has 3 N–H and O–H groups in total. The summed E-state index contributed by atoms with van der Waals surface area (Å²) in [5.74, 6) is -0.458. The van der Waals surface area contributed by atoms with E-state index in [1.807, 2.05) is 6.07 Å². The number of anilines is 1. The summed E-state index contributed by atoms with van der Waals surface area (Å²) in [7, 11) is -3.68. The van der Waals surface area contributed by atoms with Crippen LogP contribution in [0.15, 0.2) is 47.4 Å². The van der Waals surface area contributed by atoms with E-state index in [4.69, 9.17) is 10.4 Å². The Morgan fingerprint density at radius 2 is 1.86 bits per heavy atom. The minimum absolute atomic E-state index is 0.0644. The number of rotatable bonds is 5. The first kappa shape index (κ1) is 15.9. The highest BCUT2D eigenvalue weighted by Gasteiger charge is 2.07. The Labute approximate surface area is 128 Å². The van der Waals surface area contributed by atoms with Crippen molar-refractivity contribution in [2.75, 3.05) is 11.9 Å². The van der Waals surface area contributed by atoms with Crippen molar-refractivity contribution in [1.82, 2.24) is 0 Å². The number of nitrogens with one attached hydrogen (secondary N) is 1. The lowest BCUT2D eigenvalue weighted by atomic mass is 10.1. The summed E-state index contributed by atoms with van der Waals surface area (Å²) in [4.78, 5) is 0.0644. The Kier molecular flexibility index (Phi) is 4.75. The van der Waals surface area contributed by atoms with E-state index >= 15 is 0 Å². The fraction of sp³-hybridized carbons (Fsp3) is 0.133. The Hall–Kier alpha value is -2.43. The molecule has 2 aromatic rings. The molecule has 0 heterocycles. The van der Waals surface area contributed by atoms with Crippen molar-refractivity contribution in [3.05, 3.63) is 59.4 Å². The Bertz CT molecular complexity index is 812. The molecule has 5 nitrogen and oxygen atoms in total. The molecule has 0 aromatic heterocycles. The van der Waals surface area contributed by atoms with Crippen LogP contribution in [0.3, 0.4) is 0 Å². The molecule has 0 atom stereocenters. The topological polar surface area (TPSA) is 96.0 Å². The van der Waals surface area contributed by atoms with Crippen molar-refractivity contribution in [2.45, 2.75) is 11.3 Å². The number of nitriles is 1. The maximum atomic E-state index is 13.0. The van der Waals surface area contributed by atoms with Gasteiger partial charge in [-0.25, -0.2) is 17.9 Å². The highest BCUT2D eigenvalue weighted by Crippen LogP contribution is 2.16. The van der Waals surface area contributed by atoms with E-state index in [-0.39, 0.29) is 10.5 Å². The van der Waals surface area contributed by atoms with Crippen LogP contribution in [0.25, 0.3) is 0 Å². The third kappa shape index (κ3) is 4.04. The van der Waals surface area contributed by atoms with Gasteiger partial charge < -0.3 is 5.32 Å². The van der Waals surface area contributed by atoms with E-state index in [0.717, 1.165) is 5.56 Å². The van der Waals surface area contributed by atoms with Gasteiger partial charge in [-0.3, -0.25) is 0 Å². The quantitative estimate of drug-likeness (QED) is 0.881. The fourth-order valence-corrected chi connectivity index (χ4v) is 2.47. The lowest BCUT2D eigenvalue weighted by Gasteiger charge is -2.08. The molecule has 0 saturated carbocycles. The first-order valence-electron chi connectivity index (χ1n) is 6.45. The zero-order valence-electron chi connectivity index (χ0n) is 11.6. The van der Waals surface area contributed by atoms with Gasteiger partial charge in [-0.05, 0) is 42.3 Å². The molecule has 0 aliphatic rings. The van der Waals surface area contributed by atoms with Gasteiger partial charge >= 0.3 is 0 Å². The predicted molar refractivity (Wildman–Crippen MR) is 81.1 cm³/mol. The number of primary sulfonamides is 1. The second-order valence-corrected chi connectivity index (χ2v) is 6.23. The Morgan fingerprint density at radius 1 is 1.18 bits per heavy atom. The summed E-state index contributed by atoms with van der Waals surface area (Å²) in [6.45, 7) is 0.523. The minimum Gasteiger partial charge on any atom is -0.384 e. The van der Waals surface area contributed by atoms with Gasteiger partial charge in [-0.15, -0.1) is 0 Å². The monoisotopic (exact) mass is 319 g/mol. The van der Waals surface area contributed by atoms with Crippen molar-refractivity contribution in [1.29, 1.82) is 5.26 Å². The number of hydrogen-bond acceptors (Lipinski definition) is 4. The SMILES string of the molecule is N#Cc1cc(F)ccc1NCCc1ccc(S(N)(=O)=O)cc1. The van der Waals surface area contributed by atoms with Gasteiger partial charge in [0.15, 0.2) is 0 Å². The van der Waals surface area contributed by atoms with Crippen LogP contribution in [0.1, 0.15) is 11.1 Å². The van der Waals surface area contributed by atoms with Gasteiger partial charge in [0.05, 0.1) is 16.1 Å². The van der Waals surface area contributed by atoms with Gasteiger partial charge in [0, 0.05) is 6.54 Å². The van der Waals surface area contributed by atoms with Crippen LogP contribution in [-0.4, -0.2) is 15.0 Å². The van der Waals surface area contributed by atoms with E-state index in [9.17, 15) is 12.8 Å². The number of sulfonamides is 1. The summed E-state index contributed by atoms with van der Waals surface area (Å²) in [6.07, 6.45) is 0.618. The average molecular weight is 319 g/mol. The van der Waals surface area contributed by atoms with Crippen molar-refractivity contribution in [2.24, 2.45) is 5.14 Å². The van der Waals surface area contributed by atoms with Crippen LogP contribution in [0, 0.1) is 17.1 Å². The lowest BCUT2D eigenvalue weighted by Crippen LogP contribution is -2.12. The molecule has 0 saturated heterocycles. The molecule has 2 rings (SSSR count). The van der Waals surface area contributed by atoms with Crippen LogP contribution in [0.5, 0.6) is 0 Å². The number of nitrogens with two attached hydrogens (primary N) is 1. The van der Waals surface area contributed by atoms with Gasteiger partial charge in [0.25, 0.3) is 0 Å². The zero-order valence-corrected chi connectivity index (χ0v) is 12.4. The molecule has 114 valence electrons. The van der Waals surface area contributed by atoms with Gasteiger partial charge in [-0.2, -0.15) is 5.26 Å². The summed E-state index contributed by atoms with van der Waals surface area (Å²) in [6, 6.07) is 12.1. The van der Waals surface area contributed by atoms with Crippen LogP contribution in [0.2, 0.25) is 0 Å². The molecule has 0 bridgehead atoms. The highest BCUT2D eigenvalue weighted by atomic mass is 32.2. The van der Waals surface area contributed by atoms with Crippen molar-refractivity contribution >= 4 is 15.7 Å². The molecule has 0 aliphatic heterocycles. The molecule has 0 fully saturated rings. The first-order valence-corrected chi connectivity index (χ1v) is 8.00. The van der Waals surface area contributed by atoms with E-state index in [1.54, 1.807) is 12.1 Å². The first-order chi connectivity index (χ1) is 10.4. The largest absolute Gasteiger partial charge is 0.384 e. The standard InChI is InChI=1S/C15H14FN3O2S/c16-13-3-6-15(12(9-13)10-17)19-8-7-11-1-4-14(5-2-11)22(18,20)21/h1-6,9,19H,7-8H2,(H2,18,20,21). The van der Waals surface area contributed by atoms with Crippen LogP contribution < -0.4 is 10.5 Å². The Morgan fingerprint density at radius 3 is 2.45 bits per heavy atom. The van der Waals surface area contributed by atoms with Gasteiger partial charge in [0.2, 0.25) is 10.0 Å². The van der Waals surface area contributed by atoms with Crippen LogP contribution >= 0.6 is 0 Å². The van der Waals surface area contributed by atoms with E-state index < -0.39 is 15.8 Å². The van der Waals surface area contributed by atoms with E-state index in [0.29, 0.717) is 18.7 Å². The lowest BCUT2D eigenvalue weighted by molar-refractivity contribution is 0.597. The number of hydrogen-bond donors (Lipinski definition) is 2. The second-order valence-electron chi connectivity index (χ2n) is 4.67. The third-order valence-electron chi connectivity index (χ3n) is 3.08. The van der Waals surface area contributed by atoms with Crippen molar-refractivity contribution in [3.63, 3.8) is 0 Å².